The number of amides is 1. The number of nitrogens with one attached hydrogen (secondary N) is 1. The standard InChI is InChI=1S/C25H26ClN3O3S/c26-23-12-4-5-13-24(23)27-33(31,32)22-11-6-10-21(18-22)25(30)29-15-7-14-28(16-17-29)19-20-8-2-1-3-9-20/h1-6,8-13,18,27H,7,14-17,19H2. The Morgan fingerprint density at radius 3 is 2.42 bits per heavy atom. The number of para-hydroxylation sites is 1. The highest BCUT2D eigenvalue weighted by Crippen LogP contribution is 2.24. The van der Waals surface area contributed by atoms with E-state index in [1.807, 2.05) is 18.2 Å². The van der Waals surface area contributed by atoms with Crippen molar-refractivity contribution >= 4 is 33.2 Å². The highest BCUT2D eigenvalue weighted by molar-refractivity contribution is 7.92. The van der Waals surface area contributed by atoms with Crippen molar-refractivity contribution < 1.29 is 13.2 Å². The molecule has 0 unspecified atom stereocenters. The lowest BCUT2D eigenvalue weighted by Crippen LogP contribution is -2.35. The first-order valence-electron chi connectivity index (χ1n) is 10.9. The van der Waals surface area contributed by atoms with E-state index in [2.05, 4.69) is 21.8 Å². The van der Waals surface area contributed by atoms with Crippen LogP contribution in [-0.4, -0.2) is 50.3 Å². The number of nitrogens with zero attached hydrogens (tertiary/aromatic N) is 2. The number of hydrogen-bond donors (Lipinski definition) is 1. The van der Waals surface area contributed by atoms with Crippen LogP contribution in [0.3, 0.4) is 0 Å². The zero-order valence-electron chi connectivity index (χ0n) is 18.2. The third-order valence-electron chi connectivity index (χ3n) is 5.63. The molecule has 1 fully saturated rings. The summed E-state index contributed by atoms with van der Waals surface area (Å²) in [5.41, 5.74) is 1.90. The van der Waals surface area contributed by atoms with Gasteiger partial charge in [0.25, 0.3) is 15.9 Å². The lowest BCUT2D eigenvalue weighted by atomic mass is 10.2. The van der Waals surface area contributed by atoms with Crippen LogP contribution in [0.25, 0.3) is 0 Å². The molecule has 3 aromatic carbocycles. The van der Waals surface area contributed by atoms with E-state index in [-0.39, 0.29) is 10.8 Å². The Kier molecular flexibility index (Phi) is 7.33. The van der Waals surface area contributed by atoms with E-state index in [0.29, 0.717) is 29.4 Å². The van der Waals surface area contributed by atoms with Gasteiger partial charge >= 0.3 is 0 Å². The summed E-state index contributed by atoms with van der Waals surface area (Å²) in [6.45, 7) is 3.77. The molecular formula is C25H26ClN3O3S. The lowest BCUT2D eigenvalue weighted by molar-refractivity contribution is 0.0761. The van der Waals surface area contributed by atoms with Crippen LogP contribution in [0.4, 0.5) is 5.69 Å². The predicted molar refractivity (Wildman–Crippen MR) is 131 cm³/mol. The lowest BCUT2D eigenvalue weighted by Gasteiger charge is -2.22. The molecule has 0 radical (unpaired) electrons. The number of carbonyl (C=O) groups excluding carboxylic acids is 1. The molecule has 1 heterocycles. The molecule has 1 aliphatic heterocycles. The average Bonchev–Trinajstić information content (AvgIpc) is 3.06. The second kappa shape index (κ2) is 10.4. The van der Waals surface area contributed by atoms with Gasteiger partial charge in [0, 0.05) is 38.3 Å². The van der Waals surface area contributed by atoms with Gasteiger partial charge < -0.3 is 4.90 Å². The van der Waals surface area contributed by atoms with E-state index < -0.39 is 10.0 Å². The first-order chi connectivity index (χ1) is 15.9. The van der Waals surface area contributed by atoms with Crippen LogP contribution >= 0.6 is 11.6 Å². The minimum atomic E-state index is -3.89. The Bertz CT molecular complexity index is 1220. The number of anilines is 1. The minimum absolute atomic E-state index is 0.0220. The summed E-state index contributed by atoms with van der Waals surface area (Å²) in [6.07, 6.45) is 0.866. The van der Waals surface area contributed by atoms with Gasteiger partial charge in [-0.25, -0.2) is 8.42 Å². The Morgan fingerprint density at radius 1 is 0.879 bits per heavy atom. The molecule has 1 amide bonds. The van der Waals surface area contributed by atoms with Crippen LogP contribution in [0.15, 0.2) is 83.8 Å². The van der Waals surface area contributed by atoms with Gasteiger partial charge in [-0.05, 0) is 42.3 Å². The fourth-order valence-corrected chi connectivity index (χ4v) is 5.26. The van der Waals surface area contributed by atoms with E-state index in [9.17, 15) is 13.2 Å². The highest BCUT2D eigenvalue weighted by atomic mass is 35.5. The molecule has 0 atom stereocenters. The maximum atomic E-state index is 13.2. The van der Waals surface area contributed by atoms with Crippen LogP contribution in [0.2, 0.25) is 5.02 Å². The molecule has 0 spiro atoms. The van der Waals surface area contributed by atoms with Crippen LogP contribution in [0.1, 0.15) is 22.3 Å². The fourth-order valence-electron chi connectivity index (χ4n) is 3.90. The molecule has 0 saturated carbocycles. The molecule has 8 heteroatoms. The van der Waals surface area contributed by atoms with Crippen molar-refractivity contribution in [3.05, 3.63) is 95.0 Å². The average molecular weight is 484 g/mol. The van der Waals surface area contributed by atoms with Crippen LogP contribution in [0.5, 0.6) is 0 Å². The van der Waals surface area contributed by atoms with E-state index in [1.165, 1.54) is 17.7 Å². The van der Waals surface area contributed by atoms with Gasteiger partial charge in [0.15, 0.2) is 0 Å². The summed E-state index contributed by atoms with van der Waals surface area (Å²) < 4.78 is 28.2. The second-order valence-corrected chi connectivity index (χ2v) is 10.1. The van der Waals surface area contributed by atoms with Crippen LogP contribution in [-0.2, 0) is 16.6 Å². The van der Waals surface area contributed by atoms with E-state index in [0.717, 1.165) is 26.1 Å². The van der Waals surface area contributed by atoms with Crippen molar-refractivity contribution in [1.29, 1.82) is 0 Å². The number of carbonyl (C=O) groups is 1. The highest BCUT2D eigenvalue weighted by Gasteiger charge is 2.23. The second-order valence-electron chi connectivity index (χ2n) is 8.02. The molecule has 0 aliphatic carbocycles. The van der Waals surface area contributed by atoms with Crippen molar-refractivity contribution in [3.63, 3.8) is 0 Å². The molecule has 3 aromatic rings. The smallest absolute Gasteiger partial charge is 0.261 e. The third-order valence-corrected chi connectivity index (χ3v) is 7.33. The zero-order valence-corrected chi connectivity index (χ0v) is 19.7. The molecule has 172 valence electrons. The van der Waals surface area contributed by atoms with Crippen molar-refractivity contribution in [1.82, 2.24) is 9.80 Å². The van der Waals surface area contributed by atoms with Crippen molar-refractivity contribution in [3.8, 4) is 0 Å². The molecule has 1 N–H and O–H groups in total. The first-order valence-corrected chi connectivity index (χ1v) is 12.7. The van der Waals surface area contributed by atoms with Crippen molar-refractivity contribution in [2.45, 2.75) is 17.9 Å². The van der Waals surface area contributed by atoms with Crippen molar-refractivity contribution in [2.75, 3.05) is 30.9 Å². The maximum absolute atomic E-state index is 13.2. The molecule has 6 nitrogen and oxygen atoms in total. The number of hydrogen-bond acceptors (Lipinski definition) is 4. The normalized spacial score (nSPS) is 15.1. The summed E-state index contributed by atoms with van der Waals surface area (Å²) in [7, 11) is -3.89. The third kappa shape index (κ3) is 5.93. The van der Waals surface area contributed by atoms with Crippen LogP contribution in [0, 0.1) is 0 Å². The van der Waals surface area contributed by atoms with Gasteiger partial charge in [0.05, 0.1) is 15.6 Å². The summed E-state index contributed by atoms with van der Waals surface area (Å²) in [5, 5.41) is 0.304. The van der Waals surface area contributed by atoms with Gasteiger partial charge in [0.2, 0.25) is 0 Å². The largest absolute Gasteiger partial charge is 0.337 e. The van der Waals surface area contributed by atoms with Gasteiger partial charge in [-0.15, -0.1) is 0 Å². The minimum Gasteiger partial charge on any atom is -0.337 e. The van der Waals surface area contributed by atoms with E-state index >= 15 is 0 Å². The van der Waals surface area contributed by atoms with Gasteiger partial charge in [-0.3, -0.25) is 14.4 Å². The monoisotopic (exact) mass is 483 g/mol. The Hall–Kier alpha value is -2.87. The molecule has 0 bridgehead atoms. The first kappa shape index (κ1) is 23.3. The van der Waals surface area contributed by atoms with E-state index in [4.69, 9.17) is 11.6 Å². The SMILES string of the molecule is O=C(c1cccc(S(=O)(=O)Nc2ccccc2Cl)c1)N1CCCN(Cc2ccccc2)CC1. The maximum Gasteiger partial charge on any atom is 0.261 e. The molecule has 1 aliphatic rings. The van der Waals surface area contributed by atoms with Gasteiger partial charge in [-0.1, -0.05) is 60.1 Å². The number of halogens is 1. The van der Waals surface area contributed by atoms with E-state index in [1.54, 1.807) is 41.3 Å². The number of benzene rings is 3. The molecular weight excluding hydrogens is 458 g/mol. The zero-order chi connectivity index (χ0) is 23.3. The van der Waals surface area contributed by atoms with Gasteiger partial charge in [-0.2, -0.15) is 0 Å². The molecule has 33 heavy (non-hydrogen) atoms. The Morgan fingerprint density at radius 2 is 1.64 bits per heavy atom. The molecule has 4 rings (SSSR count). The fraction of sp³-hybridized carbons (Fsp3) is 0.240. The summed E-state index contributed by atoms with van der Waals surface area (Å²) in [5.74, 6) is -0.161. The van der Waals surface area contributed by atoms with Crippen LogP contribution < -0.4 is 4.72 Å². The van der Waals surface area contributed by atoms with Gasteiger partial charge in [0.1, 0.15) is 0 Å². The summed E-state index contributed by atoms with van der Waals surface area (Å²) in [6, 6.07) is 23.1. The Labute approximate surface area is 199 Å². The predicted octanol–water partition coefficient (Wildman–Crippen LogP) is 4.49. The molecule has 1 saturated heterocycles. The summed E-state index contributed by atoms with van der Waals surface area (Å²) >= 11 is 6.09. The topological polar surface area (TPSA) is 69.7 Å². The molecule has 0 aromatic heterocycles. The number of rotatable bonds is 6. The Balaban J connectivity index is 1.44. The van der Waals surface area contributed by atoms with Crippen molar-refractivity contribution in [2.24, 2.45) is 0 Å². The quantitative estimate of drug-likeness (QED) is 0.561. The number of sulfonamides is 1. The summed E-state index contributed by atoms with van der Waals surface area (Å²) in [4.78, 5) is 17.4.